The van der Waals surface area contributed by atoms with Crippen molar-refractivity contribution in [3.63, 3.8) is 0 Å². The average molecular weight is 128 g/mol. The van der Waals surface area contributed by atoms with Crippen LogP contribution in [0.2, 0.25) is 0 Å². The molecule has 0 aromatic rings. The van der Waals surface area contributed by atoms with Gasteiger partial charge in [-0.1, -0.05) is 12.8 Å². The first-order valence-electron chi connectivity index (χ1n) is 3.81. The zero-order valence-corrected chi connectivity index (χ0v) is 6.11. The second kappa shape index (κ2) is 3.85. The van der Waals surface area contributed by atoms with Gasteiger partial charge in [-0.3, -0.25) is 0 Å². The molecule has 0 spiro atoms. The van der Waals surface area contributed by atoms with E-state index in [1.54, 1.807) is 0 Å². The van der Waals surface area contributed by atoms with Gasteiger partial charge in [0.05, 0.1) is 0 Å². The van der Waals surface area contributed by atoms with Crippen molar-refractivity contribution < 1.29 is 0 Å². The molecule has 0 atom stereocenters. The summed E-state index contributed by atoms with van der Waals surface area (Å²) in [5.74, 6) is 0. The van der Waals surface area contributed by atoms with Crippen molar-refractivity contribution in [3.05, 3.63) is 0 Å². The fourth-order valence-electron chi connectivity index (χ4n) is 1.38. The number of rotatable bonds is 3. The van der Waals surface area contributed by atoms with Gasteiger partial charge in [-0.05, 0) is 19.9 Å². The van der Waals surface area contributed by atoms with E-state index in [-0.39, 0.29) is 0 Å². The van der Waals surface area contributed by atoms with Crippen LogP contribution in [0, 0.1) is 0 Å². The lowest BCUT2D eigenvalue weighted by atomic mass is 10.3. The molecule has 2 N–H and O–H groups in total. The molecular formula is C7H16N2. The van der Waals surface area contributed by atoms with Gasteiger partial charge in [0.25, 0.3) is 0 Å². The summed E-state index contributed by atoms with van der Waals surface area (Å²) >= 11 is 0. The van der Waals surface area contributed by atoms with E-state index in [2.05, 4.69) is 10.6 Å². The highest BCUT2D eigenvalue weighted by atomic mass is 15.1. The van der Waals surface area contributed by atoms with Crippen LogP contribution >= 0.6 is 0 Å². The Morgan fingerprint density at radius 3 is 2.56 bits per heavy atom. The molecule has 0 aliphatic heterocycles. The Hall–Kier alpha value is -0.0800. The van der Waals surface area contributed by atoms with Crippen molar-refractivity contribution in [3.8, 4) is 0 Å². The van der Waals surface area contributed by atoms with Gasteiger partial charge in [-0.15, -0.1) is 0 Å². The maximum atomic E-state index is 3.42. The van der Waals surface area contributed by atoms with Gasteiger partial charge < -0.3 is 10.6 Å². The minimum absolute atomic E-state index is 0.803. The van der Waals surface area contributed by atoms with Gasteiger partial charge in [0, 0.05) is 12.7 Å². The lowest BCUT2D eigenvalue weighted by Crippen LogP contribution is -2.33. The second-order valence-electron chi connectivity index (χ2n) is 2.72. The minimum atomic E-state index is 0.803. The number of hydrogen-bond donors (Lipinski definition) is 2. The van der Waals surface area contributed by atoms with Gasteiger partial charge >= 0.3 is 0 Å². The van der Waals surface area contributed by atoms with Gasteiger partial charge in [0.15, 0.2) is 0 Å². The van der Waals surface area contributed by atoms with E-state index in [1.807, 2.05) is 7.05 Å². The third-order valence-corrected chi connectivity index (χ3v) is 1.92. The summed E-state index contributed by atoms with van der Waals surface area (Å²) in [5, 5.41) is 6.50. The fourth-order valence-corrected chi connectivity index (χ4v) is 1.38. The molecule has 9 heavy (non-hydrogen) atoms. The van der Waals surface area contributed by atoms with Crippen LogP contribution in [-0.4, -0.2) is 19.8 Å². The van der Waals surface area contributed by atoms with E-state index < -0.39 is 0 Å². The largest absolute Gasteiger partial charge is 0.308 e. The zero-order chi connectivity index (χ0) is 6.53. The predicted molar refractivity (Wildman–Crippen MR) is 39.3 cm³/mol. The van der Waals surface area contributed by atoms with Crippen molar-refractivity contribution in [1.82, 2.24) is 10.6 Å². The third-order valence-electron chi connectivity index (χ3n) is 1.92. The molecule has 1 rings (SSSR count). The number of hydrogen-bond acceptors (Lipinski definition) is 2. The molecule has 1 fully saturated rings. The molecule has 54 valence electrons. The van der Waals surface area contributed by atoms with E-state index >= 15 is 0 Å². The molecule has 2 heteroatoms. The SMILES string of the molecule is CNCNC1CCCC1. The first kappa shape index (κ1) is 7.03. The summed E-state index contributed by atoms with van der Waals surface area (Å²) in [4.78, 5) is 0. The molecule has 0 saturated heterocycles. The molecule has 0 bridgehead atoms. The Labute approximate surface area is 57.0 Å². The molecule has 0 aromatic carbocycles. The van der Waals surface area contributed by atoms with Crippen molar-refractivity contribution in [2.24, 2.45) is 0 Å². The first-order chi connectivity index (χ1) is 4.43. The van der Waals surface area contributed by atoms with E-state index in [4.69, 9.17) is 0 Å². The topological polar surface area (TPSA) is 24.1 Å². The number of nitrogens with one attached hydrogen (secondary N) is 2. The normalized spacial score (nSPS) is 21.0. The summed E-state index contributed by atoms with van der Waals surface area (Å²) in [7, 11) is 1.97. The molecule has 0 aromatic heterocycles. The fraction of sp³-hybridized carbons (Fsp3) is 1.00. The van der Waals surface area contributed by atoms with Gasteiger partial charge in [-0.25, -0.2) is 0 Å². The van der Waals surface area contributed by atoms with Crippen LogP contribution < -0.4 is 10.6 Å². The van der Waals surface area contributed by atoms with Gasteiger partial charge in [-0.2, -0.15) is 0 Å². The molecule has 0 amide bonds. The standard InChI is InChI=1S/C7H16N2/c1-8-6-9-7-4-2-3-5-7/h7-9H,2-6H2,1H3. The molecule has 2 nitrogen and oxygen atoms in total. The maximum absolute atomic E-state index is 3.42. The molecular weight excluding hydrogens is 112 g/mol. The van der Waals surface area contributed by atoms with Crippen molar-refractivity contribution in [1.29, 1.82) is 0 Å². The van der Waals surface area contributed by atoms with Crippen LogP contribution in [0.15, 0.2) is 0 Å². The lowest BCUT2D eigenvalue weighted by Gasteiger charge is -2.09. The highest BCUT2D eigenvalue weighted by Crippen LogP contribution is 2.16. The third kappa shape index (κ3) is 2.33. The van der Waals surface area contributed by atoms with Gasteiger partial charge in [0.1, 0.15) is 0 Å². The summed E-state index contributed by atoms with van der Waals surface area (Å²) < 4.78 is 0. The van der Waals surface area contributed by atoms with Crippen LogP contribution in [0.1, 0.15) is 25.7 Å². The van der Waals surface area contributed by atoms with Crippen LogP contribution in [0.25, 0.3) is 0 Å². The van der Waals surface area contributed by atoms with Crippen LogP contribution in [0.5, 0.6) is 0 Å². The summed E-state index contributed by atoms with van der Waals surface area (Å²) in [6.45, 7) is 0.963. The Kier molecular flexibility index (Phi) is 3.01. The Morgan fingerprint density at radius 1 is 1.33 bits per heavy atom. The monoisotopic (exact) mass is 128 g/mol. The predicted octanol–water partition coefficient (Wildman–Crippen LogP) is 0.695. The lowest BCUT2D eigenvalue weighted by molar-refractivity contribution is 0.504. The second-order valence-corrected chi connectivity index (χ2v) is 2.72. The van der Waals surface area contributed by atoms with Crippen LogP contribution in [0.3, 0.4) is 0 Å². The van der Waals surface area contributed by atoms with E-state index in [1.165, 1.54) is 25.7 Å². The Bertz CT molecular complexity index is 67.3. The van der Waals surface area contributed by atoms with Crippen LogP contribution in [-0.2, 0) is 0 Å². The highest BCUT2D eigenvalue weighted by Gasteiger charge is 2.12. The molecule has 0 heterocycles. The van der Waals surface area contributed by atoms with Crippen LogP contribution in [0.4, 0.5) is 0 Å². The summed E-state index contributed by atoms with van der Waals surface area (Å²) in [5.41, 5.74) is 0. The summed E-state index contributed by atoms with van der Waals surface area (Å²) in [6, 6.07) is 0.803. The van der Waals surface area contributed by atoms with E-state index in [0.29, 0.717) is 0 Å². The average Bonchev–Trinajstić information content (AvgIpc) is 2.34. The summed E-state index contributed by atoms with van der Waals surface area (Å²) in [6.07, 6.45) is 5.59. The van der Waals surface area contributed by atoms with E-state index in [0.717, 1.165) is 12.7 Å². The van der Waals surface area contributed by atoms with E-state index in [9.17, 15) is 0 Å². The van der Waals surface area contributed by atoms with Crippen molar-refractivity contribution >= 4 is 0 Å². The smallest absolute Gasteiger partial charge is 0.0453 e. The Morgan fingerprint density at radius 2 is 2.00 bits per heavy atom. The van der Waals surface area contributed by atoms with Crippen molar-refractivity contribution in [2.75, 3.05) is 13.7 Å². The maximum Gasteiger partial charge on any atom is 0.0453 e. The molecule has 0 radical (unpaired) electrons. The minimum Gasteiger partial charge on any atom is -0.308 e. The highest BCUT2D eigenvalue weighted by molar-refractivity contribution is 4.72. The molecule has 1 aliphatic rings. The first-order valence-corrected chi connectivity index (χ1v) is 3.81. The zero-order valence-electron chi connectivity index (χ0n) is 6.11. The molecule has 1 aliphatic carbocycles. The molecule has 1 saturated carbocycles. The quantitative estimate of drug-likeness (QED) is 0.547. The molecule has 0 unspecified atom stereocenters. The van der Waals surface area contributed by atoms with Gasteiger partial charge in [0.2, 0.25) is 0 Å². The Balaban J connectivity index is 1.98. The van der Waals surface area contributed by atoms with Crippen molar-refractivity contribution in [2.45, 2.75) is 31.7 Å².